The molecule has 1 amide bonds. The summed E-state index contributed by atoms with van der Waals surface area (Å²) in [5.41, 5.74) is 10.6. The van der Waals surface area contributed by atoms with E-state index in [0.29, 0.717) is 22.7 Å². The van der Waals surface area contributed by atoms with Crippen molar-refractivity contribution < 1.29 is 9.21 Å². The van der Waals surface area contributed by atoms with Crippen molar-refractivity contribution >= 4 is 28.3 Å². The van der Waals surface area contributed by atoms with Gasteiger partial charge in [-0.05, 0) is 43.3 Å². The van der Waals surface area contributed by atoms with E-state index < -0.39 is 0 Å². The Labute approximate surface area is 127 Å². The maximum atomic E-state index is 12.0. The molecule has 0 aliphatic rings. The number of carbonyl (C=O) groups excluding carboxylic acids is 1. The quantitative estimate of drug-likeness (QED) is 0.442. The second-order valence-corrected chi connectivity index (χ2v) is 4.91. The molecule has 5 heteroatoms. The summed E-state index contributed by atoms with van der Waals surface area (Å²) in [5.74, 6) is 0.328. The number of rotatable bonds is 3. The van der Waals surface area contributed by atoms with E-state index in [1.54, 1.807) is 31.2 Å². The summed E-state index contributed by atoms with van der Waals surface area (Å²) in [4.78, 5) is 12.0. The Bertz CT molecular complexity index is 815. The molecule has 0 aliphatic heterocycles. The second-order valence-electron chi connectivity index (χ2n) is 4.91. The van der Waals surface area contributed by atoms with Crippen molar-refractivity contribution in [2.75, 3.05) is 5.73 Å². The van der Waals surface area contributed by atoms with Crippen LogP contribution >= 0.6 is 0 Å². The third kappa shape index (κ3) is 2.83. The van der Waals surface area contributed by atoms with Gasteiger partial charge in [-0.1, -0.05) is 18.2 Å². The number of hydrogen-bond acceptors (Lipinski definition) is 4. The number of amides is 1. The lowest BCUT2D eigenvalue weighted by Crippen LogP contribution is -2.19. The molecule has 0 fully saturated rings. The van der Waals surface area contributed by atoms with E-state index >= 15 is 0 Å². The lowest BCUT2D eigenvalue weighted by Gasteiger charge is -2.01. The first kappa shape index (κ1) is 13.9. The van der Waals surface area contributed by atoms with E-state index in [4.69, 9.17) is 10.2 Å². The Morgan fingerprint density at radius 1 is 1.14 bits per heavy atom. The molecular weight excluding hydrogens is 278 g/mol. The monoisotopic (exact) mass is 293 g/mol. The second kappa shape index (κ2) is 5.73. The maximum absolute atomic E-state index is 12.0. The number of nitrogens with two attached hydrogens (primary N) is 1. The van der Waals surface area contributed by atoms with Gasteiger partial charge in [-0.3, -0.25) is 4.79 Å². The summed E-state index contributed by atoms with van der Waals surface area (Å²) in [6.07, 6.45) is 0. The van der Waals surface area contributed by atoms with Crippen LogP contribution < -0.4 is 11.2 Å². The van der Waals surface area contributed by atoms with Crippen molar-refractivity contribution in [1.82, 2.24) is 5.43 Å². The smallest absolute Gasteiger partial charge is 0.271 e. The molecule has 0 atom stereocenters. The van der Waals surface area contributed by atoms with Gasteiger partial charge in [-0.25, -0.2) is 5.43 Å². The molecule has 0 saturated carbocycles. The maximum Gasteiger partial charge on any atom is 0.271 e. The van der Waals surface area contributed by atoms with Crippen molar-refractivity contribution in [3.05, 3.63) is 65.9 Å². The lowest BCUT2D eigenvalue weighted by molar-refractivity contribution is 0.0955. The number of furan rings is 1. The van der Waals surface area contributed by atoms with Crippen LogP contribution in [0.5, 0.6) is 0 Å². The molecule has 5 nitrogen and oxygen atoms in total. The fraction of sp³-hybridized carbons (Fsp3) is 0.0588. The van der Waals surface area contributed by atoms with Crippen LogP contribution in [-0.2, 0) is 0 Å². The number of hydrogen-bond donors (Lipinski definition) is 2. The molecule has 1 aromatic heterocycles. The fourth-order valence-electron chi connectivity index (χ4n) is 2.05. The highest BCUT2D eigenvalue weighted by Gasteiger charge is 2.08. The van der Waals surface area contributed by atoms with Crippen molar-refractivity contribution in [2.45, 2.75) is 6.92 Å². The number of carbonyl (C=O) groups is 1. The van der Waals surface area contributed by atoms with Gasteiger partial charge in [0.2, 0.25) is 0 Å². The summed E-state index contributed by atoms with van der Waals surface area (Å²) in [6, 6.07) is 16.2. The highest BCUT2D eigenvalue weighted by Crippen LogP contribution is 2.19. The lowest BCUT2D eigenvalue weighted by atomic mass is 10.2. The van der Waals surface area contributed by atoms with Crippen LogP contribution in [0.3, 0.4) is 0 Å². The first-order chi connectivity index (χ1) is 10.6. The summed E-state index contributed by atoms with van der Waals surface area (Å²) in [5, 5.41) is 5.08. The topological polar surface area (TPSA) is 80.6 Å². The van der Waals surface area contributed by atoms with Crippen LogP contribution in [0.25, 0.3) is 11.0 Å². The molecule has 3 N–H and O–H groups in total. The average molecular weight is 293 g/mol. The number of anilines is 1. The van der Waals surface area contributed by atoms with E-state index in [-0.39, 0.29) is 5.91 Å². The summed E-state index contributed by atoms with van der Waals surface area (Å²) >= 11 is 0. The van der Waals surface area contributed by atoms with Gasteiger partial charge in [-0.15, -0.1) is 0 Å². The molecule has 3 aromatic rings. The van der Waals surface area contributed by atoms with Crippen LogP contribution in [-0.4, -0.2) is 11.6 Å². The first-order valence-corrected chi connectivity index (χ1v) is 6.82. The standard InChI is InChI=1S/C17H15N3O2/c1-11(16-10-13-4-2-3-5-15(13)22-16)19-20-17(21)12-6-8-14(18)9-7-12/h2-10H,18H2,1H3,(H,20,21)/b19-11-. The van der Waals surface area contributed by atoms with E-state index in [9.17, 15) is 4.79 Å². The zero-order valence-corrected chi connectivity index (χ0v) is 12.0. The molecule has 1 heterocycles. The zero-order valence-electron chi connectivity index (χ0n) is 12.0. The summed E-state index contributed by atoms with van der Waals surface area (Å²) in [7, 11) is 0. The number of nitrogen functional groups attached to an aromatic ring is 1. The van der Waals surface area contributed by atoms with E-state index in [2.05, 4.69) is 10.5 Å². The molecule has 22 heavy (non-hydrogen) atoms. The fourth-order valence-corrected chi connectivity index (χ4v) is 2.05. The predicted molar refractivity (Wildman–Crippen MR) is 86.7 cm³/mol. The molecule has 2 aromatic carbocycles. The minimum absolute atomic E-state index is 0.296. The highest BCUT2D eigenvalue weighted by molar-refractivity contribution is 6.01. The molecule has 0 radical (unpaired) electrons. The molecule has 3 rings (SSSR count). The highest BCUT2D eigenvalue weighted by atomic mass is 16.3. The zero-order chi connectivity index (χ0) is 15.5. The molecule has 0 aliphatic carbocycles. The SMILES string of the molecule is C/C(=N/NC(=O)c1ccc(N)cc1)c1cc2ccccc2o1. The van der Waals surface area contributed by atoms with Crippen LogP contribution in [0.15, 0.2) is 64.1 Å². The number of fused-ring (bicyclic) bond motifs is 1. The molecule has 0 bridgehead atoms. The Morgan fingerprint density at radius 2 is 1.86 bits per heavy atom. The van der Waals surface area contributed by atoms with E-state index in [1.807, 2.05) is 30.3 Å². The Hall–Kier alpha value is -3.08. The van der Waals surface area contributed by atoms with Crippen LogP contribution in [0.2, 0.25) is 0 Å². The third-order valence-corrected chi connectivity index (χ3v) is 3.28. The number of para-hydroxylation sites is 1. The largest absolute Gasteiger partial charge is 0.455 e. The van der Waals surface area contributed by atoms with E-state index in [0.717, 1.165) is 11.0 Å². The van der Waals surface area contributed by atoms with Crippen LogP contribution in [0.1, 0.15) is 23.0 Å². The molecule has 0 saturated heterocycles. The number of benzene rings is 2. The molecule has 110 valence electrons. The van der Waals surface area contributed by atoms with Gasteiger partial charge in [0.1, 0.15) is 11.3 Å². The van der Waals surface area contributed by atoms with Gasteiger partial charge in [0, 0.05) is 16.6 Å². The number of nitrogens with zero attached hydrogens (tertiary/aromatic N) is 1. The van der Waals surface area contributed by atoms with Crippen molar-refractivity contribution in [3.63, 3.8) is 0 Å². The minimum Gasteiger partial charge on any atom is -0.455 e. The third-order valence-electron chi connectivity index (χ3n) is 3.28. The number of hydrazone groups is 1. The Balaban J connectivity index is 1.76. The van der Waals surface area contributed by atoms with Crippen molar-refractivity contribution in [2.24, 2.45) is 5.10 Å². The summed E-state index contributed by atoms with van der Waals surface area (Å²) < 4.78 is 5.68. The Morgan fingerprint density at radius 3 is 2.59 bits per heavy atom. The van der Waals surface area contributed by atoms with E-state index in [1.165, 1.54) is 0 Å². The predicted octanol–water partition coefficient (Wildman–Crippen LogP) is 3.17. The summed E-state index contributed by atoms with van der Waals surface area (Å²) in [6.45, 7) is 1.78. The van der Waals surface area contributed by atoms with Crippen LogP contribution in [0, 0.1) is 0 Å². The first-order valence-electron chi connectivity index (χ1n) is 6.82. The van der Waals surface area contributed by atoms with Crippen LogP contribution in [0.4, 0.5) is 5.69 Å². The van der Waals surface area contributed by atoms with Gasteiger partial charge in [0.05, 0.1) is 0 Å². The van der Waals surface area contributed by atoms with Gasteiger partial charge in [0.25, 0.3) is 5.91 Å². The van der Waals surface area contributed by atoms with Crippen molar-refractivity contribution in [1.29, 1.82) is 0 Å². The van der Waals surface area contributed by atoms with Gasteiger partial charge in [-0.2, -0.15) is 5.10 Å². The average Bonchev–Trinajstić information content (AvgIpc) is 2.97. The van der Waals surface area contributed by atoms with Gasteiger partial charge in [0.15, 0.2) is 5.76 Å². The molecule has 0 unspecified atom stereocenters. The minimum atomic E-state index is -0.296. The normalized spacial score (nSPS) is 11.6. The van der Waals surface area contributed by atoms with Gasteiger partial charge >= 0.3 is 0 Å². The van der Waals surface area contributed by atoms with Gasteiger partial charge < -0.3 is 10.2 Å². The molecular formula is C17H15N3O2. The van der Waals surface area contributed by atoms with Crippen molar-refractivity contribution in [3.8, 4) is 0 Å². The Kier molecular flexibility index (Phi) is 3.62. The molecule has 0 spiro atoms. The number of nitrogens with one attached hydrogen (secondary N) is 1.